The van der Waals surface area contributed by atoms with E-state index in [4.69, 9.17) is 4.74 Å². The predicted octanol–water partition coefficient (Wildman–Crippen LogP) is 1.38. The second kappa shape index (κ2) is 5.95. The number of amides is 1. The van der Waals surface area contributed by atoms with E-state index in [1.807, 2.05) is 6.92 Å². The van der Waals surface area contributed by atoms with Gasteiger partial charge in [0.2, 0.25) is 5.91 Å². The fourth-order valence-electron chi connectivity index (χ4n) is 1.21. The zero-order chi connectivity index (χ0) is 12.0. The summed E-state index contributed by atoms with van der Waals surface area (Å²) in [5.41, 5.74) is 0.643. The van der Waals surface area contributed by atoms with Crippen molar-refractivity contribution < 1.29 is 13.9 Å². The van der Waals surface area contributed by atoms with Crippen molar-refractivity contribution in [1.82, 2.24) is 5.32 Å². The van der Waals surface area contributed by atoms with Gasteiger partial charge < -0.3 is 15.4 Å². The molecular weight excluding hydrogens is 211 g/mol. The van der Waals surface area contributed by atoms with Crippen LogP contribution in [0, 0.1) is 5.82 Å². The van der Waals surface area contributed by atoms with Gasteiger partial charge in [0.05, 0.1) is 13.7 Å². The molecule has 88 valence electrons. The second-order valence-corrected chi connectivity index (χ2v) is 3.16. The van der Waals surface area contributed by atoms with Gasteiger partial charge in [-0.05, 0) is 19.1 Å². The Bertz CT molecular complexity index is 369. The summed E-state index contributed by atoms with van der Waals surface area (Å²) in [5.74, 6) is -0.377. The van der Waals surface area contributed by atoms with Crippen molar-refractivity contribution in [2.45, 2.75) is 6.92 Å². The molecule has 0 bridgehead atoms. The van der Waals surface area contributed by atoms with Crippen LogP contribution >= 0.6 is 0 Å². The number of rotatable bonds is 5. The number of hydrogen-bond acceptors (Lipinski definition) is 3. The molecule has 0 aromatic heterocycles. The van der Waals surface area contributed by atoms with Crippen LogP contribution in [0.5, 0.6) is 5.75 Å². The van der Waals surface area contributed by atoms with Gasteiger partial charge in [0.25, 0.3) is 0 Å². The average Bonchev–Trinajstić information content (AvgIpc) is 2.28. The fraction of sp³-hybridized carbons (Fsp3) is 0.364. The summed E-state index contributed by atoms with van der Waals surface area (Å²) in [7, 11) is 1.39. The molecule has 1 amide bonds. The summed E-state index contributed by atoms with van der Waals surface area (Å²) >= 11 is 0. The number of anilines is 1. The first-order valence-corrected chi connectivity index (χ1v) is 5.01. The molecule has 0 spiro atoms. The molecule has 0 aliphatic carbocycles. The van der Waals surface area contributed by atoms with Crippen molar-refractivity contribution in [3.63, 3.8) is 0 Å². The molecule has 0 fully saturated rings. The van der Waals surface area contributed by atoms with E-state index >= 15 is 0 Å². The Morgan fingerprint density at radius 3 is 2.88 bits per heavy atom. The van der Waals surface area contributed by atoms with E-state index in [2.05, 4.69) is 10.6 Å². The van der Waals surface area contributed by atoms with Crippen molar-refractivity contribution in [3.8, 4) is 5.75 Å². The lowest BCUT2D eigenvalue weighted by molar-refractivity contribution is -0.119. The topological polar surface area (TPSA) is 50.4 Å². The zero-order valence-corrected chi connectivity index (χ0v) is 9.34. The van der Waals surface area contributed by atoms with Crippen LogP contribution in [0.25, 0.3) is 0 Å². The van der Waals surface area contributed by atoms with E-state index in [1.54, 1.807) is 6.07 Å². The number of carbonyl (C=O) groups is 1. The lowest BCUT2D eigenvalue weighted by Crippen LogP contribution is -2.29. The lowest BCUT2D eigenvalue weighted by atomic mass is 10.3. The molecule has 5 heteroatoms. The first kappa shape index (κ1) is 12.3. The van der Waals surface area contributed by atoms with Crippen molar-refractivity contribution in [2.24, 2.45) is 0 Å². The van der Waals surface area contributed by atoms with Gasteiger partial charge in [0, 0.05) is 18.3 Å². The number of carbonyl (C=O) groups excluding carboxylic acids is 1. The van der Waals surface area contributed by atoms with E-state index in [9.17, 15) is 9.18 Å². The number of ether oxygens (including phenoxy) is 1. The summed E-state index contributed by atoms with van der Waals surface area (Å²) in [6, 6.07) is 4.35. The molecule has 0 radical (unpaired) electrons. The summed E-state index contributed by atoms with van der Waals surface area (Å²) in [6.45, 7) is 2.59. The molecule has 1 aromatic carbocycles. The Morgan fingerprint density at radius 1 is 1.50 bits per heavy atom. The molecule has 4 nitrogen and oxygen atoms in total. The molecule has 1 aromatic rings. The summed E-state index contributed by atoms with van der Waals surface area (Å²) in [4.78, 5) is 11.2. The van der Waals surface area contributed by atoms with Crippen molar-refractivity contribution in [3.05, 3.63) is 24.0 Å². The molecule has 2 N–H and O–H groups in total. The van der Waals surface area contributed by atoms with Crippen LogP contribution in [0.15, 0.2) is 18.2 Å². The smallest absolute Gasteiger partial charge is 0.239 e. The average molecular weight is 226 g/mol. The summed E-state index contributed by atoms with van der Waals surface area (Å²) in [5, 5.41) is 5.52. The van der Waals surface area contributed by atoms with E-state index < -0.39 is 5.82 Å². The lowest BCUT2D eigenvalue weighted by Gasteiger charge is -2.08. The van der Waals surface area contributed by atoms with Crippen molar-refractivity contribution >= 4 is 11.6 Å². The third kappa shape index (κ3) is 3.42. The normalized spacial score (nSPS) is 9.69. The van der Waals surface area contributed by atoms with E-state index in [-0.39, 0.29) is 18.2 Å². The monoisotopic (exact) mass is 226 g/mol. The summed E-state index contributed by atoms with van der Waals surface area (Å²) in [6.07, 6.45) is 0. The number of halogens is 1. The van der Waals surface area contributed by atoms with Crippen LogP contribution in [0.1, 0.15) is 6.92 Å². The SMILES string of the molecule is CCNC(=O)CNc1ccc(F)c(OC)c1. The fourth-order valence-corrected chi connectivity index (χ4v) is 1.21. The van der Waals surface area contributed by atoms with Gasteiger partial charge in [-0.3, -0.25) is 4.79 Å². The first-order chi connectivity index (χ1) is 7.67. The minimum absolute atomic E-state index is 0.106. The minimum Gasteiger partial charge on any atom is -0.494 e. The van der Waals surface area contributed by atoms with Crippen LogP contribution in [0.3, 0.4) is 0 Å². The van der Waals surface area contributed by atoms with Crippen LogP contribution < -0.4 is 15.4 Å². The van der Waals surface area contributed by atoms with Gasteiger partial charge in [-0.2, -0.15) is 0 Å². The molecule has 0 saturated heterocycles. The van der Waals surface area contributed by atoms with Crippen LogP contribution in [0.2, 0.25) is 0 Å². The minimum atomic E-state index is -0.425. The highest BCUT2D eigenvalue weighted by atomic mass is 19.1. The number of likely N-dealkylation sites (N-methyl/N-ethyl adjacent to an activating group) is 1. The Morgan fingerprint density at radius 2 is 2.25 bits per heavy atom. The van der Waals surface area contributed by atoms with Crippen molar-refractivity contribution in [2.75, 3.05) is 25.5 Å². The van der Waals surface area contributed by atoms with Gasteiger partial charge in [-0.1, -0.05) is 0 Å². The Hall–Kier alpha value is -1.78. The Labute approximate surface area is 93.8 Å². The van der Waals surface area contributed by atoms with E-state index in [1.165, 1.54) is 19.2 Å². The molecule has 0 atom stereocenters. The van der Waals surface area contributed by atoms with Gasteiger partial charge in [0.15, 0.2) is 11.6 Å². The second-order valence-electron chi connectivity index (χ2n) is 3.16. The van der Waals surface area contributed by atoms with Gasteiger partial charge in [-0.25, -0.2) is 4.39 Å². The highest BCUT2D eigenvalue weighted by Crippen LogP contribution is 2.20. The third-order valence-corrected chi connectivity index (χ3v) is 1.98. The zero-order valence-electron chi connectivity index (χ0n) is 9.34. The first-order valence-electron chi connectivity index (χ1n) is 5.01. The number of hydrogen-bond donors (Lipinski definition) is 2. The van der Waals surface area contributed by atoms with Crippen LogP contribution in [-0.2, 0) is 4.79 Å². The van der Waals surface area contributed by atoms with Crippen LogP contribution in [0.4, 0.5) is 10.1 Å². The molecule has 1 rings (SSSR count). The highest BCUT2D eigenvalue weighted by molar-refractivity contribution is 5.80. The maximum atomic E-state index is 13.1. The van der Waals surface area contributed by atoms with E-state index in [0.29, 0.717) is 12.2 Å². The maximum absolute atomic E-state index is 13.1. The van der Waals surface area contributed by atoms with Gasteiger partial charge in [-0.15, -0.1) is 0 Å². The van der Waals surface area contributed by atoms with Crippen LogP contribution in [-0.4, -0.2) is 26.1 Å². The molecule has 0 aliphatic heterocycles. The number of methoxy groups -OCH3 is 1. The molecule has 0 unspecified atom stereocenters. The maximum Gasteiger partial charge on any atom is 0.239 e. The quantitative estimate of drug-likeness (QED) is 0.797. The standard InChI is InChI=1S/C11H15FN2O2/c1-3-13-11(15)7-14-8-4-5-9(12)10(6-8)16-2/h4-6,14H,3,7H2,1-2H3,(H,13,15). The largest absolute Gasteiger partial charge is 0.494 e. The van der Waals surface area contributed by atoms with Crippen molar-refractivity contribution in [1.29, 1.82) is 0 Å². The summed E-state index contributed by atoms with van der Waals surface area (Å²) < 4.78 is 17.9. The molecule has 0 saturated carbocycles. The molecular formula is C11H15FN2O2. The number of nitrogens with one attached hydrogen (secondary N) is 2. The predicted molar refractivity (Wildman–Crippen MR) is 60.1 cm³/mol. The third-order valence-electron chi connectivity index (χ3n) is 1.98. The Kier molecular flexibility index (Phi) is 4.57. The highest BCUT2D eigenvalue weighted by Gasteiger charge is 2.04. The van der Waals surface area contributed by atoms with Gasteiger partial charge >= 0.3 is 0 Å². The molecule has 0 aliphatic rings. The molecule has 16 heavy (non-hydrogen) atoms. The number of benzene rings is 1. The Balaban J connectivity index is 2.57. The van der Waals surface area contributed by atoms with Gasteiger partial charge in [0.1, 0.15) is 0 Å². The van der Waals surface area contributed by atoms with E-state index in [0.717, 1.165) is 0 Å². The molecule has 0 heterocycles.